The summed E-state index contributed by atoms with van der Waals surface area (Å²) in [5, 5.41) is 0. The molecule has 1 fully saturated rings. The largest absolute Gasteiger partial charge is 0.329 e. The molecule has 2 unspecified atom stereocenters. The number of hydrogen-bond acceptors (Lipinski definition) is 2. The van der Waals surface area contributed by atoms with Gasteiger partial charge in [-0.05, 0) is 41.8 Å². The summed E-state index contributed by atoms with van der Waals surface area (Å²) in [6.45, 7) is 12.2. The molecule has 1 heterocycles. The van der Waals surface area contributed by atoms with Crippen molar-refractivity contribution in [1.82, 2.24) is 4.90 Å². The van der Waals surface area contributed by atoms with E-state index in [0.29, 0.717) is 12.6 Å². The lowest BCUT2D eigenvalue weighted by Gasteiger charge is -2.37. The van der Waals surface area contributed by atoms with E-state index in [9.17, 15) is 0 Å². The van der Waals surface area contributed by atoms with Gasteiger partial charge in [0.1, 0.15) is 0 Å². The highest BCUT2D eigenvalue weighted by Crippen LogP contribution is 2.28. The van der Waals surface area contributed by atoms with Crippen LogP contribution in [0.2, 0.25) is 0 Å². The summed E-state index contributed by atoms with van der Waals surface area (Å²) in [7, 11) is 0. The molecule has 2 N–H and O–H groups in total. The van der Waals surface area contributed by atoms with Gasteiger partial charge in [0.15, 0.2) is 0 Å². The minimum atomic E-state index is 0.219. The van der Waals surface area contributed by atoms with Crippen molar-refractivity contribution in [2.45, 2.75) is 52.0 Å². The van der Waals surface area contributed by atoms with Gasteiger partial charge in [0.05, 0.1) is 0 Å². The fourth-order valence-corrected chi connectivity index (χ4v) is 3.21. The highest BCUT2D eigenvalue weighted by atomic mass is 15.2. The van der Waals surface area contributed by atoms with E-state index in [1.165, 1.54) is 37.1 Å². The molecule has 1 aliphatic rings. The molecule has 2 rings (SSSR count). The Kier molecular flexibility index (Phi) is 4.87. The van der Waals surface area contributed by atoms with Gasteiger partial charge in [-0.1, -0.05) is 52.0 Å². The van der Waals surface area contributed by atoms with Crippen molar-refractivity contribution >= 4 is 0 Å². The molecule has 0 radical (unpaired) electrons. The number of rotatable bonds is 3. The van der Waals surface area contributed by atoms with Gasteiger partial charge in [0.2, 0.25) is 0 Å². The molecule has 0 spiro atoms. The average molecular weight is 274 g/mol. The summed E-state index contributed by atoms with van der Waals surface area (Å²) in [4.78, 5) is 2.57. The average Bonchev–Trinajstić information content (AvgIpc) is 2.39. The topological polar surface area (TPSA) is 29.3 Å². The summed E-state index contributed by atoms with van der Waals surface area (Å²) in [5.41, 5.74) is 9.04. The Labute approximate surface area is 124 Å². The molecule has 0 saturated carbocycles. The first kappa shape index (κ1) is 15.5. The number of piperidine rings is 1. The van der Waals surface area contributed by atoms with E-state index in [1.807, 2.05) is 0 Å². The molecule has 112 valence electrons. The van der Waals surface area contributed by atoms with E-state index in [-0.39, 0.29) is 5.41 Å². The van der Waals surface area contributed by atoms with Crippen LogP contribution in [0.1, 0.15) is 57.7 Å². The van der Waals surface area contributed by atoms with Gasteiger partial charge in [-0.2, -0.15) is 0 Å². The van der Waals surface area contributed by atoms with E-state index in [4.69, 9.17) is 5.73 Å². The Morgan fingerprint density at radius 1 is 1.25 bits per heavy atom. The first-order chi connectivity index (χ1) is 9.41. The van der Waals surface area contributed by atoms with Crippen LogP contribution in [-0.2, 0) is 5.41 Å². The second-order valence-corrected chi connectivity index (χ2v) is 7.37. The van der Waals surface area contributed by atoms with Crippen LogP contribution in [0.3, 0.4) is 0 Å². The van der Waals surface area contributed by atoms with E-state index in [0.717, 1.165) is 5.92 Å². The Bertz CT molecular complexity index is 416. The van der Waals surface area contributed by atoms with Gasteiger partial charge >= 0.3 is 0 Å². The van der Waals surface area contributed by atoms with Gasteiger partial charge in [0.25, 0.3) is 0 Å². The summed E-state index contributed by atoms with van der Waals surface area (Å²) in [5.74, 6) is 0.798. The zero-order chi connectivity index (χ0) is 14.8. The Morgan fingerprint density at radius 3 is 2.40 bits per heavy atom. The SMILES string of the molecule is CC1CCCN(C(CN)c2ccc(C(C)(C)C)cc2)C1. The maximum atomic E-state index is 6.06. The molecular formula is C18H30N2. The monoisotopic (exact) mass is 274 g/mol. The van der Waals surface area contributed by atoms with Crippen molar-refractivity contribution in [3.8, 4) is 0 Å². The summed E-state index contributed by atoms with van der Waals surface area (Å²) in [6.07, 6.45) is 2.66. The first-order valence-corrected chi connectivity index (χ1v) is 7.96. The van der Waals surface area contributed by atoms with E-state index in [1.54, 1.807) is 0 Å². The zero-order valence-electron chi connectivity index (χ0n) is 13.5. The Balaban J connectivity index is 2.15. The lowest BCUT2D eigenvalue weighted by atomic mass is 9.86. The molecule has 0 amide bonds. The second-order valence-electron chi connectivity index (χ2n) is 7.37. The van der Waals surface area contributed by atoms with Crippen LogP contribution in [-0.4, -0.2) is 24.5 Å². The lowest BCUT2D eigenvalue weighted by Crippen LogP contribution is -2.40. The Morgan fingerprint density at radius 2 is 1.90 bits per heavy atom. The van der Waals surface area contributed by atoms with E-state index >= 15 is 0 Å². The third kappa shape index (κ3) is 3.62. The van der Waals surface area contributed by atoms with Crippen LogP contribution < -0.4 is 5.73 Å². The number of nitrogens with two attached hydrogens (primary N) is 1. The molecule has 2 atom stereocenters. The summed E-state index contributed by atoms with van der Waals surface area (Å²) in [6, 6.07) is 9.47. The third-order valence-corrected chi connectivity index (χ3v) is 4.51. The molecule has 1 aliphatic heterocycles. The van der Waals surface area contributed by atoms with Crippen molar-refractivity contribution < 1.29 is 0 Å². The van der Waals surface area contributed by atoms with Crippen molar-refractivity contribution in [2.24, 2.45) is 11.7 Å². The molecule has 1 aromatic rings. The maximum Gasteiger partial charge on any atom is 0.0470 e. The number of likely N-dealkylation sites (tertiary alicyclic amines) is 1. The van der Waals surface area contributed by atoms with Crippen LogP contribution in [0.25, 0.3) is 0 Å². The Hall–Kier alpha value is -0.860. The van der Waals surface area contributed by atoms with Crippen LogP contribution in [0.4, 0.5) is 0 Å². The molecule has 2 nitrogen and oxygen atoms in total. The molecule has 1 aromatic carbocycles. The van der Waals surface area contributed by atoms with E-state index in [2.05, 4.69) is 56.9 Å². The van der Waals surface area contributed by atoms with Crippen LogP contribution >= 0.6 is 0 Å². The standard InChI is InChI=1S/C18H30N2/c1-14-6-5-11-20(13-14)17(12-19)15-7-9-16(10-8-15)18(2,3)4/h7-10,14,17H,5-6,11-13,19H2,1-4H3. The van der Waals surface area contributed by atoms with Gasteiger partial charge in [0, 0.05) is 19.1 Å². The molecule has 0 bridgehead atoms. The second kappa shape index (κ2) is 6.28. The predicted octanol–water partition coefficient (Wildman–Crippen LogP) is 3.72. The molecule has 20 heavy (non-hydrogen) atoms. The van der Waals surface area contributed by atoms with Crippen molar-refractivity contribution in [2.75, 3.05) is 19.6 Å². The number of nitrogens with zero attached hydrogens (tertiary/aromatic N) is 1. The number of hydrogen-bond donors (Lipinski definition) is 1. The van der Waals surface area contributed by atoms with Gasteiger partial charge < -0.3 is 5.73 Å². The first-order valence-electron chi connectivity index (χ1n) is 7.96. The number of benzene rings is 1. The predicted molar refractivity (Wildman–Crippen MR) is 86.9 cm³/mol. The fraction of sp³-hybridized carbons (Fsp3) is 0.667. The molecule has 1 saturated heterocycles. The molecule has 0 aliphatic carbocycles. The normalized spacial score (nSPS) is 22.8. The molecule has 0 aromatic heterocycles. The summed E-state index contributed by atoms with van der Waals surface area (Å²) < 4.78 is 0. The zero-order valence-corrected chi connectivity index (χ0v) is 13.5. The van der Waals surface area contributed by atoms with Gasteiger partial charge in [-0.15, -0.1) is 0 Å². The minimum absolute atomic E-state index is 0.219. The molecule has 2 heteroatoms. The van der Waals surface area contributed by atoms with Gasteiger partial charge in [-0.25, -0.2) is 0 Å². The van der Waals surface area contributed by atoms with Crippen molar-refractivity contribution in [1.29, 1.82) is 0 Å². The van der Waals surface area contributed by atoms with Crippen LogP contribution in [0, 0.1) is 5.92 Å². The smallest absolute Gasteiger partial charge is 0.0470 e. The maximum absolute atomic E-state index is 6.06. The third-order valence-electron chi connectivity index (χ3n) is 4.51. The lowest BCUT2D eigenvalue weighted by molar-refractivity contribution is 0.133. The van der Waals surface area contributed by atoms with E-state index < -0.39 is 0 Å². The highest BCUT2D eigenvalue weighted by molar-refractivity contribution is 5.29. The van der Waals surface area contributed by atoms with Crippen LogP contribution in [0.5, 0.6) is 0 Å². The quantitative estimate of drug-likeness (QED) is 0.910. The van der Waals surface area contributed by atoms with Crippen LogP contribution in [0.15, 0.2) is 24.3 Å². The van der Waals surface area contributed by atoms with Crippen molar-refractivity contribution in [3.05, 3.63) is 35.4 Å². The highest BCUT2D eigenvalue weighted by Gasteiger charge is 2.24. The summed E-state index contributed by atoms with van der Waals surface area (Å²) >= 11 is 0. The molecular weight excluding hydrogens is 244 g/mol. The van der Waals surface area contributed by atoms with Crippen molar-refractivity contribution in [3.63, 3.8) is 0 Å². The minimum Gasteiger partial charge on any atom is -0.329 e. The van der Waals surface area contributed by atoms with Gasteiger partial charge in [-0.3, -0.25) is 4.90 Å². The fourth-order valence-electron chi connectivity index (χ4n) is 3.21.